The molecule has 0 atom stereocenters. The van der Waals surface area contributed by atoms with E-state index in [9.17, 15) is 0 Å². The summed E-state index contributed by atoms with van der Waals surface area (Å²) in [5.41, 5.74) is 13.0. The Kier molecular flexibility index (Phi) is 10.1. The van der Waals surface area contributed by atoms with Crippen molar-refractivity contribution in [2.45, 2.75) is 39.3 Å². The Morgan fingerprint density at radius 3 is 1.73 bits per heavy atom. The smallest absolute Gasteiger partial charge is 0.112 e. The lowest BCUT2D eigenvalue weighted by Crippen LogP contribution is -2.53. The number of fused-ring (bicyclic) bond motifs is 7. The molecule has 1 aliphatic rings. The maximum absolute atomic E-state index is 7.98. The maximum atomic E-state index is 7.98. The molecule has 6 bridgehead atoms. The van der Waals surface area contributed by atoms with Crippen molar-refractivity contribution < 1.29 is 0 Å². The fourth-order valence-electron chi connectivity index (χ4n) is 8.83. The molecule has 0 aliphatic carbocycles. The fraction of sp³-hybridized carbons (Fsp3) is 0.107. The van der Waals surface area contributed by atoms with E-state index in [2.05, 4.69) is 248 Å². The van der Waals surface area contributed by atoms with Gasteiger partial charge in [-0.3, -0.25) is 0 Å². The van der Waals surface area contributed by atoms with Crippen LogP contribution in [0, 0.1) is 0 Å². The van der Waals surface area contributed by atoms with Gasteiger partial charge in [-0.2, -0.15) is 0 Å². The van der Waals surface area contributed by atoms with E-state index in [-0.39, 0.29) is 5.41 Å². The molecule has 0 saturated carbocycles. The summed E-state index contributed by atoms with van der Waals surface area (Å²) in [6.07, 6.45) is 0. The zero-order valence-corrected chi connectivity index (χ0v) is 38.3. The molecule has 3 nitrogen and oxygen atoms in total. The molecule has 0 N–H and O–H groups in total. The van der Waals surface area contributed by atoms with Gasteiger partial charge in [0.2, 0.25) is 0 Å². The molecule has 0 unspecified atom stereocenters. The number of rotatable bonds is 6. The average Bonchev–Trinajstić information content (AvgIpc) is 3.71. The Bertz CT molecular complexity index is 3060. The van der Waals surface area contributed by atoms with Crippen molar-refractivity contribution in [3.8, 4) is 11.1 Å². The molecule has 0 spiro atoms. The maximum Gasteiger partial charge on any atom is 0.112 e. The third-order valence-corrected chi connectivity index (χ3v) is 17.2. The van der Waals surface area contributed by atoms with Crippen molar-refractivity contribution in [3.05, 3.63) is 210 Å². The molecule has 8 aromatic carbocycles. The largest absolute Gasteiger partial charge is 0.310 e. The Morgan fingerprint density at radius 1 is 0.500 bits per heavy atom. The molecular formula is C56H48ClN3SSi. The highest BCUT2D eigenvalue weighted by atomic mass is 35.5. The van der Waals surface area contributed by atoms with Gasteiger partial charge in [-0.05, 0) is 113 Å². The highest BCUT2D eigenvalue weighted by Gasteiger charge is 2.30. The lowest BCUT2D eigenvalue weighted by Gasteiger charge is -2.34. The van der Waals surface area contributed by atoms with Gasteiger partial charge in [0.05, 0.1) is 22.1 Å². The fourth-order valence-corrected chi connectivity index (χ4v) is 12.4. The molecule has 0 saturated heterocycles. The second-order valence-electron chi connectivity index (χ2n) is 17.7. The highest BCUT2D eigenvalue weighted by molar-refractivity contribution is 7.17. The van der Waals surface area contributed by atoms with Crippen LogP contribution in [0.15, 0.2) is 200 Å². The standard InChI is InChI=1S/C56H48ClN3SSi/c1-56(2,3)41-29-31-43(32-30-41)60(53-38-61-54-33-28-40(34-50(53)54)39-16-8-6-9-17-39)52-27-15-26-51(55(52)57)59-45-21-12-20-44(35-45)58(42-18-10-7-11-19-42)46-22-13-24-48(36-46)62(4,5)49-25-14-23-47(59)37-49/h6-38H,1-5H3. The van der Waals surface area contributed by atoms with Gasteiger partial charge in [0.25, 0.3) is 0 Å². The number of hydrogen-bond donors (Lipinski definition) is 0. The first kappa shape index (κ1) is 39.7. The first-order chi connectivity index (χ1) is 30.0. The summed E-state index contributed by atoms with van der Waals surface area (Å²) in [6, 6.07) is 70.8. The van der Waals surface area contributed by atoms with E-state index >= 15 is 0 Å². The first-order valence-corrected chi connectivity index (χ1v) is 25.5. The van der Waals surface area contributed by atoms with Crippen LogP contribution in [0.25, 0.3) is 21.2 Å². The number of anilines is 9. The summed E-state index contributed by atoms with van der Waals surface area (Å²) in [5, 5.41) is 6.86. The van der Waals surface area contributed by atoms with Crippen LogP contribution in [0.5, 0.6) is 0 Å². The van der Waals surface area contributed by atoms with Crippen LogP contribution >= 0.6 is 22.9 Å². The van der Waals surface area contributed by atoms with Crippen LogP contribution < -0.4 is 25.1 Å². The van der Waals surface area contributed by atoms with E-state index in [1.165, 1.54) is 37.1 Å². The average molecular weight is 859 g/mol. The van der Waals surface area contributed by atoms with Gasteiger partial charge < -0.3 is 14.7 Å². The van der Waals surface area contributed by atoms with Crippen LogP contribution in [0.1, 0.15) is 26.3 Å². The van der Waals surface area contributed by atoms with Gasteiger partial charge in [-0.1, -0.05) is 159 Å². The second kappa shape index (κ2) is 15.8. The zero-order chi connectivity index (χ0) is 42.6. The summed E-state index contributed by atoms with van der Waals surface area (Å²) in [6.45, 7) is 11.7. The quantitative estimate of drug-likeness (QED) is 0.154. The molecular weight excluding hydrogens is 810 g/mol. The van der Waals surface area contributed by atoms with Crippen LogP contribution in [0.2, 0.25) is 18.1 Å². The number of thiophene rings is 1. The first-order valence-electron chi connectivity index (χ1n) is 21.3. The number of halogens is 1. The Hall–Kier alpha value is -6.37. The van der Waals surface area contributed by atoms with Gasteiger partial charge in [0.15, 0.2) is 0 Å². The Labute approximate surface area is 375 Å². The lowest BCUT2D eigenvalue weighted by molar-refractivity contribution is 0.590. The van der Waals surface area contributed by atoms with Crippen LogP contribution in [-0.2, 0) is 5.41 Å². The van der Waals surface area contributed by atoms with Gasteiger partial charge in [-0.15, -0.1) is 11.3 Å². The normalized spacial score (nSPS) is 13.4. The molecule has 0 amide bonds. The van der Waals surface area contributed by atoms with E-state index in [0.29, 0.717) is 5.02 Å². The Balaban J connectivity index is 1.20. The van der Waals surface area contributed by atoms with Gasteiger partial charge in [-0.25, -0.2) is 0 Å². The second-order valence-corrected chi connectivity index (χ2v) is 23.4. The molecule has 0 fully saturated rings. The van der Waals surface area contributed by atoms with Gasteiger partial charge in [0, 0.05) is 49.6 Å². The Morgan fingerprint density at radius 2 is 1.06 bits per heavy atom. The number of para-hydroxylation sites is 1. The zero-order valence-electron chi connectivity index (χ0n) is 35.7. The van der Waals surface area contributed by atoms with Crippen LogP contribution in [-0.4, -0.2) is 8.07 Å². The molecule has 1 aromatic heterocycles. The van der Waals surface area contributed by atoms with Gasteiger partial charge in [0.1, 0.15) is 8.07 Å². The molecule has 304 valence electrons. The molecule has 10 rings (SSSR count). The van der Waals surface area contributed by atoms with Crippen molar-refractivity contribution in [3.63, 3.8) is 0 Å². The van der Waals surface area contributed by atoms with E-state index in [4.69, 9.17) is 11.6 Å². The van der Waals surface area contributed by atoms with Crippen molar-refractivity contribution in [1.82, 2.24) is 0 Å². The predicted octanol–water partition coefficient (Wildman–Crippen LogP) is 16.1. The monoisotopic (exact) mass is 857 g/mol. The molecule has 2 heterocycles. The van der Waals surface area contributed by atoms with Crippen LogP contribution in [0.3, 0.4) is 0 Å². The SMILES string of the molecule is CC(C)(C)c1ccc(N(c2cccc(N3c4cccc(c4)N(c4ccccc4)c4cccc(c4)[Si](C)(C)c4cccc3c4)c2Cl)c2csc3ccc(-c4ccccc4)cc23)cc1. The summed E-state index contributed by atoms with van der Waals surface area (Å²) in [4.78, 5) is 7.08. The highest BCUT2D eigenvalue weighted by Crippen LogP contribution is 2.50. The van der Waals surface area contributed by atoms with E-state index in [0.717, 1.165) is 51.2 Å². The predicted molar refractivity (Wildman–Crippen MR) is 272 cm³/mol. The molecule has 62 heavy (non-hydrogen) atoms. The minimum absolute atomic E-state index is 0.0141. The van der Waals surface area contributed by atoms with Crippen molar-refractivity contribution >= 4 is 103 Å². The van der Waals surface area contributed by atoms with Gasteiger partial charge >= 0.3 is 0 Å². The van der Waals surface area contributed by atoms with E-state index in [1.807, 2.05) is 0 Å². The van der Waals surface area contributed by atoms with E-state index < -0.39 is 8.07 Å². The third kappa shape index (κ3) is 7.20. The van der Waals surface area contributed by atoms with Crippen molar-refractivity contribution in [2.75, 3.05) is 14.7 Å². The number of hydrogen-bond acceptors (Lipinski definition) is 4. The molecule has 1 aliphatic heterocycles. The summed E-state index contributed by atoms with van der Waals surface area (Å²) in [5.74, 6) is 0. The van der Waals surface area contributed by atoms with Crippen molar-refractivity contribution in [1.29, 1.82) is 0 Å². The van der Waals surface area contributed by atoms with E-state index in [1.54, 1.807) is 11.3 Å². The summed E-state index contributed by atoms with van der Waals surface area (Å²) in [7, 11) is -2.18. The third-order valence-electron chi connectivity index (χ3n) is 12.3. The number of benzene rings is 8. The molecule has 9 aromatic rings. The molecule has 0 radical (unpaired) electrons. The summed E-state index contributed by atoms with van der Waals surface area (Å²) >= 11 is 9.75. The summed E-state index contributed by atoms with van der Waals surface area (Å²) < 4.78 is 1.22. The number of nitrogens with zero attached hydrogens (tertiary/aromatic N) is 3. The lowest BCUT2D eigenvalue weighted by atomic mass is 9.87. The minimum Gasteiger partial charge on any atom is -0.310 e. The van der Waals surface area contributed by atoms with Crippen LogP contribution in [0.4, 0.5) is 51.2 Å². The van der Waals surface area contributed by atoms with Crippen molar-refractivity contribution in [2.24, 2.45) is 0 Å². The topological polar surface area (TPSA) is 9.72 Å². The minimum atomic E-state index is -2.18. The molecule has 6 heteroatoms.